The van der Waals surface area contributed by atoms with Gasteiger partial charge in [-0.1, -0.05) is 122 Å². The molecule has 0 heterocycles. The first-order valence-electron chi connectivity index (χ1n) is 11.1. The fraction of sp³-hybridized carbons (Fsp3) is 0.955. The number of aliphatic hydroxyl groups is 1. The summed E-state index contributed by atoms with van der Waals surface area (Å²) in [7, 11) is 0. The molecule has 1 atom stereocenters. The van der Waals surface area contributed by atoms with E-state index < -0.39 is 12.1 Å². The van der Waals surface area contributed by atoms with Crippen molar-refractivity contribution >= 4 is 18.4 Å². The highest BCUT2D eigenvalue weighted by Gasteiger charge is 2.11. The van der Waals surface area contributed by atoms with Crippen LogP contribution in [-0.2, 0) is 4.79 Å². The average Bonchev–Trinajstić information content (AvgIpc) is 2.60. The second-order valence-electron chi connectivity index (χ2n) is 7.65. The Hall–Kier alpha value is -0.280. The van der Waals surface area contributed by atoms with Gasteiger partial charge in [-0.25, -0.2) is 4.79 Å². The van der Waals surface area contributed by atoms with Crippen LogP contribution in [0.25, 0.3) is 0 Å². The van der Waals surface area contributed by atoms with Gasteiger partial charge in [-0.05, 0) is 6.42 Å². The summed E-state index contributed by atoms with van der Waals surface area (Å²) < 4.78 is 0. The summed E-state index contributed by atoms with van der Waals surface area (Å²) in [6, 6.07) is 0. The van der Waals surface area contributed by atoms with Crippen molar-refractivity contribution < 1.29 is 15.0 Å². The number of halogens is 1. The van der Waals surface area contributed by atoms with Crippen molar-refractivity contribution in [2.75, 3.05) is 0 Å². The number of unbranched alkanes of at least 4 members (excludes halogenated alkanes) is 17. The molecule has 1 unspecified atom stereocenters. The van der Waals surface area contributed by atoms with E-state index in [0.717, 1.165) is 12.8 Å². The zero-order chi connectivity index (χ0) is 18.6. The number of carboxylic acid groups (broad SMARTS) is 1. The van der Waals surface area contributed by atoms with Gasteiger partial charge >= 0.3 is 5.97 Å². The quantitative estimate of drug-likeness (QED) is 0.214. The van der Waals surface area contributed by atoms with Crippen molar-refractivity contribution in [3.05, 3.63) is 0 Å². The first kappa shape index (κ1) is 27.9. The number of carboxylic acids is 1. The lowest BCUT2D eigenvalue weighted by atomic mass is 10.0. The van der Waals surface area contributed by atoms with Crippen molar-refractivity contribution in [1.82, 2.24) is 0 Å². The second kappa shape index (κ2) is 22.8. The molecule has 0 saturated carbocycles. The van der Waals surface area contributed by atoms with Crippen LogP contribution in [0.3, 0.4) is 0 Å². The van der Waals surface area contributed by atoms with E-state index in [0.29, 0.717) is 6.42 Å². The molecule has 3 nitrogen and oxygen atoms in total. The van der Waals surface area contributed by atoms with Crippen LogP contribution < -0.4 is 0 Å². The molecule has 0 saturated heterocycles. The van der Waals surface area contributed by atoms with E-state index in [1.807, 2.05) is 0 Å². The SMILES string of the molecule is CCCCCCCCCCCCCCCCCCCCC(O)C(=O)O.Cl. The monoisotopic (exact) mass is 392 g/mol. The zero-order valence-electron chi connectivity index (χ0n) is 17.2. The molecule has 0 aromatic heterocycles. The van der Waals surface area contributed by atoms with Crippen molar-refractivity contribution in [1.29, 1.82) is 0 Å². The molecule has 26 heavy (non-hydrogen) atoms. The van der Waals surface area contributed by atoms with Crippen molar-refractivity contribution in [3.8, 4) is 0 Å². The third kappa shape index (κ3) is 21.8. The third-order valence-corrected chi connectivity index (χ3v) is 5.12. The molecular formula is C22H45ClO3. The third-order valence-electron chi connectivity index (χ3n) is 5.12. The molecule has 0 bridgehead atoms. The molecule has 2 N–H and O–H groups in total. The number of aliphatic hydroxyl groups excluding tert-OH is 1. The average molecular weight is 393 g/mol. The molecule has 0 rings (SSSR count). The van der Waals surface area contributed by atoms with Gasteiger partial charge in [0.1, 0.15) is 0 Å². The van der Waals surface area contributed by atoms with Crippen LogP contribution in [0, 0.1) is 0 Å². The number of aliphatic carboxylic acids is 1. The van der Waals surface area contributed by atoms with Crippen LogP contribution in [0.1, 0.15) is 129 Å². The molecule has 0 aliphatic carbocycles. The lowest BCUT2D eigenvalue weighted by Gasteiger charge is -2.05. The smallest absolute Gasteiger partial charge is 0.332 e. The topological polar surface area (TPSA) is 57.5 Å². The highest BCUT2D eigenvalue weighted by molar-refractivity contribution is 5.85. The van der Waals surface area contributed by atoms with Gasteiger partial charge in [0, 0.05) is 0 Å². The normalized spacial score (nSPS) is 11.9. The van der Waals surface area contributed by atoms with Crippen molar-refractivity contribution in [3.63, 3.8) is 0 Å². The Morgan fingerprint density at radius 3 is 1.15 bits per heavy atom. The highest BCUT2D eigenvalue weighted by atomic mass is 35.5. The Bertz CT molecular complexity index is 285. The fourth-order valence-electron chi connectivity index (χ4n) is 3.36. The zero-order valence-corrected chi connectivity index (χ0v) is 18.0. The minimum absolute atomic E-state index is 0. The van der Waals surface area contributed by atoms with E-state index >= 15 is 0 Å². The van der Waals surface area contributed by atoms with E-state index in [4.69, 9.17) is 10.2 Å². The van der Waals surface area contributed by atoms with Gasteiger partial charge < -0.3 is 10.2 Å². The summed E-state index contributed by atoms with van der Waals surface area (Å²) >= 11 is 0. The molecule has 158 valence electrons. The summed E-state index contributed by atoms with van der Waals surface area (Å²) in [5.41, 5.74) is 0. The predicted octanol–water partition coefficient (Wildman–Crippen LogP) is 7.29. The van der Waals surface area contributed by atoms with Crippen LogP contribution in [0.2, 0.25) is 0 Å². The molecule has 4 heteroatoms. The standard InChI is InChI=1S/C22H44O3.ClH/c1-2-3-4-5-6-7-8-9-10-11-12-13-14-15-16-17-18-19-20-21(23)22(24)25;/h21,23H,2-20H2,1H3,(H,24,25);1H. The van der Waals surface area contributed by atoms with Gasteiger partial charge in [-0.15, -0.1) is 12.4 Å². The van der Waals surface area contributed by atoms with E-state index in [9.17, 15) is 4.79 Å². The molecule has 0 aromatic carbocycles. The minimum atomic E-state index is -1.17. The summed E-state index contributed by atoms with van der Waals surface area (Å²) in [5.74, 6) is -1.09. The number of carbonyl (C=O) groups is 1. The fourth-order valence-corrected chi connectivity index (χ4v) is 3.36. The number of hydrogen-bond acceptors (Lipinski definition) is 2. The lowest BCUT2D eigenvalue weighted by molar-refractivity contribution is -0.146. The van der Waals surface area contributed by atoms with Gasteiger partial charge in [0.25, 0.3) is 0 Å². The maximum atomic E-state index is 10.5. The van der Waals surface area contributed by atoms with Crippen molar-refractivity contribution in [2.45, 2.75) is 135 Å². The summed E-state index contributed by atoms with van der Waals surface area (Å²) in [4.78, 5) is 10.5. The Labute approximate surface area is 168 Å². The molecule has 0 radical (unpaired) electrons. The van der Waals surface area contributed by atoms with Crippen LogP contribution in [0.5, 0.6) is 0 Å². The van der Waals surface area contributed by atoms with E-state index in [2.05, 4.69) is 6.92 Å². The van der Waals surface area contributed by atoms with Crippen LogP contribution in [-0.4, -0.2) is 22.3 Å². The maximum absolute atomic E-state index is 10.5. The van der Waals surface area contributed by atoms with Gasteiger partial charge in [-0.2, -0.15) is 0 Å². The van der Waals surface area contributed by atoms with Crippen molar-refractivity contribution in [2.24, 2.45) is 0 Å². The molecule has 0 spiro atoms. The Morgan fingerprint density at radius 2 is 0.885 bits per heavy atom. The van der Waals surface area contributed by atoms with Gasteiger partial charge in [0.15, 0.2) is 6.10 Å². The Balaban J connectivity index is 0. The molecular weight excluding hydrogens is 348 g/mol. The molecule has 0 aromatic rings. The molecule has 0 amide bonds. The van der Waals surface area contributed by atoms with Crippen LogP contribution in [0.4, 0.5) is 0 Å². The van der Waals surface area contributed by atoms with Gasteiger partial charge in [-0.3, -0.25) is 0 Å². The second-order valence-corrected chi connectivity index (χ2v) is 7.65. The number of hydrogen-bond donors (Lipinski definition) is 2. The Morgan fingerprint density at radius 1 is 0.615 bits per heavy atom. The first-order chi connectivity index (χ1) is 12.2. The molecule has 0 fully saturated rings. The summed E-state index contributed by atoms with van der Waals surface area (Å²) in [6.45, 7) is 2.28. The molecule has 0 aliphatic heterocycles. The summed E-state index contributed by atoms with van der Waals surface area (Å²) in [5, 5.41) is 17.7. The van der Waals surface area contributed by atoms with Gasteiger partial charge in [0.2, 0.25) is 0 Å². The number of rotatable bonds is 20. The predicted molar refractivity (Wildman–Crippen MR) is 114 cm³/mol. The van der Waals surface area contributed by atoms with E-state index in [1.54, 1.807) is 0 Å². The maximum Gasteiger partial charge on any atom is 0.332 e. The highest BCUT2D eigenvalue weighted by Crippen LogP contribution is 2.14. The van der Waals surface area contributed by atoms with E-state index in [1.165, 1.54) is 103 Å². The van der Waals surface area contributed by atoms with Crippen LogP contribution in [0.15, 0.2) is 0 Å². The minimum Gasteiger partial charge on any atom is -0.479 e. The van der Waals surface area contributed by atoms with Crippen LogP contribution >= 0.6 is 12.4 Å². The summed E-state index contributed by atoms with van der Waals surface area (Å²) in [6.07, 6.45) is 23.1. The first-order valence-corrected chi connectivity index (χ1v) is 11.1. The largest absolute Gasteiger partial charge is 0.479 e. The lowest BCUT2D eigenvalue weighted by Crippen LogP contribution is -2.18. The molecule has 0 aliphatic rings. The van der Waals surface area contributed by atoms with E-state index in [-0.39, 0.29) is 12.4 Å². The Kier molecular flexibility index (Phi) is 24.5. The van der Waals surface area contributed by atoms with Gasteiger partial charge in [0.05, 0.1) is 0 Å².